The number of aromatic nitrogens is 1. The number of aryl methyl sites for hydroxylation is 1. The number of morpholine rings is 1. The van der Waals surface area contributed by atoms with Gasteiger partial charge in [0.1, 0.15) is 5.69 Å². The monoisotopic (exact) mass is 354 g/mol. The van der Waals surface area contributed by atoms with E-state index in [4.69, 9.17) is 4.74 Å². The summed E-state index contributed by atoms with van der Waals surface area (Å²) in [5.41, 5.74) is 3.57. The number of pyridine rings is 1. The van der Waals surface area contributed by atoms with Crippen molar-refractivity contribution in [1.82, 2.24) is 15.2 Å². The van der Waals surface area contributed by atoms with Crippen molar-refractivity contribution in [2.45, 2.75) is 13.3 Å². The SMILES string of the molecule is CCc1ccccc1Nc1ccnc(C(=O)NCCN2CCOCC2)c1. The molecule has 138 valence electrons. The molecular formula is C20H26N4O2. The van der Waals surface area contributed by atoms with Gasteiger partial charge in [-0.1, -0.05) is 25.1 Å². The molecule has 1 aromatic heterocycles. The Morgan fingerprint density at radius 2 is 2.04 bits per heavy atom. The van der Waals surface area contributed by atoms with E-state index < -0.39 is 0 Å². The summed E-state index contributed by atoms with van der Waals surface area (Å²) >= 11 is 0. The van der Waals surface area contributed by atoms with Gasteiger partial charge >= 0.3 is 0 Å². The van der Waals surface area contributed by atoms with E-state index in [9.17, 15) is 4.79 Å². The minimum absolute atomic E-state index is 0.148. The van der Waals surface area contributed by atoms with Crippen molar-refractivity contribution in [2.75, 3.05) is 44.7 Å². The zero-order valence-corrected chi connectivity index (χ0v) is 15.2. The third-order valence-electron chi connectivity index (χ3n) is 4.49. The lowest BCUT2D eigenvalue weighted by Crippen LogP contribution is -2.41. The second kappa shape index (κ2) is 9.31. The molecule has 2 heterocycles. The number of nitrogens with one attached hydrogen (secondary N) is 2. The quantitative estimate of drug-likeness (QED) is 0.799. The Kier molecular flexibility index (Phi) is 6.57. The topological polar surface area (TPSA) is 66.5 Å². The molecule has 0 saturated carbocycles. The maximum absolute atomic E-state index is 12.4. The minimum atomic E-state index is -0.148. The van der Waals surface area contributed by atoms with Gasteiger partial charge in [-0.15, -0.1) is 0 Å². The number of amides is 1. The van der Waals surface area contributed by atoms with Gasteiger partial charge in [0.2, 0.25) is 0 Å². The molecule has 0 unspecified atom stereocenters. The number of para-hydroxylation sites is 1. The van der Waals surface area contributed by atoms with Gasteiger partial charge in [-0.2, -0.15) is 0 Å². The highest BCUT2D eigenvalue weighted by atomic mass is 16.5. The molecule has 1 amide bonds. The summed E-state index contributed by atoms with van der Waals surface area (Å²) in [7, 11) is 0. The van der Waals surface area contributed by atoms with E-state index >= 15 is 0 Å². The highest BCUT2D eigenvalue weighted by Gasteiger charge is 2.12. The van der Waals surface area contributed by atoms with Gasteiger partial charge in [0.05, 0.1) is 13.2 Å². The first kappa shape index (κ1) is 18.4. The van der Waals surface area contributed by atoms with Crippen LogP contribution >= 0.6 is 0 Å². The molecule has 6 heteroatoms. The number of carbonyl (C=O) groups excluding carboxylic acids is 1. The van der Waals surface area contributed by atoms with Gasteiger partial charge in [-0.25, -0.2) is 0 Å². The predicted octanol–water partition coefficient (Wildman–Crippen LogP) is 2.45. The molecule has 1 aliphatic heterocycles. The van der Waals surface area contributed by atoms with Crippen LogP contribution in [0.25, 0.3) is 0 Å². The van der Waals surface area contributed by atoms with Crippen molar-refractivity contribution in [1.29, 1.82) is 0 Å². The smallest absolute Gasteiger partial charge is 0.269 e. The number of rotatable bonds is 7. The molecule has 1 aliphatic rings. The molecule has 0 aliphatic carbocycles. The summed E-state index contributed by atoms with van der Waals surface area (Å²) in [5, 5.41) is 6.33. The molecule has 1 aromatic carbocycles. The van der Waals surface area contributed by atoms with Gasteiger partial charge in [-0.05, 0) is 30.2 Å². The first-order valence-electron chi connectivity index (χ1n) is 9.15. The Labute approximate surface area is 154 Å². The molecule has 1 saturated heterocycles. The van der Waals surface area contributed by atoms with E-state index in [-0.39, 0.29) is 5.91 Å². The van der Waals surface area contributed by atoms with E-state index in [2.05, 4.69) is 33.5 Å². The number of anilines is 2. The molecule has 0 spiro atoms. The van der Waals surface area contributed by atoms with Gasteiger partial charge in [0.25, 0.3) is 5.91 Å². The number of hydrogen-bond acceptors (Lipinski definition) is 5. The van der Waals surface area contributed by atoms with Crippen LogP contribution in [0.2, 0.25) is 0 Å². The molecule has 0 bridgehead atoms. The van der Waals surface area contributed by atoms with Gasteiger partial charge in [-0.3, -0.25) is 14.7 Å². The minimum Gasteiger partial charge on any atom is -0.379 e. The van der Waals surface area contributed by atoms with Crippen LogP contribution in [0.3, 0.4) is 0 Å². The van der Waals surface area contributed by atoms with Crippen LogP contribution in [-0.4, -0.2) is 55.2 Å². The Morgan fingerprint density at radius 3 is 2.85 bits per heavy atom. The van der Waals surface area contributed by atoms with Crippen molar-refractivity contribution in [2.24, 2.45) is 0 Å². The van der Waals surface area contributed by atoms with Crippen LogP contribution < -0.4 is 10.6 Å². The van der Waals surface area contributed by atoms with Gasteiger partial charge < -0.3 is 15.4 Å². The van der Waals surface area contributed by atoms with E-state index in [1.807, 2.05) is 24.3 Å². The van der Waals surface area contributed by atoms with E-state index in [0.717, 1.165) is 50.6 Å². The van der Waals surface area contributed by atoms with Crippen molar-refractivity contribution in [3.8, 4) is 0 Å². The molecule has 6 nitrogen and oxygen atoms in total. The maximum Gasteiger partial charge on any atom is 0.269 e. The number of hydrogen-bond donors (Lipinski definition) is 2. The fourth-order valence-corrected chi connectivity index (χ4v) is 2.98. The third-order valence-corrected chi connectivity index (χ3v) is 4.49. The standard InChI is InChI=1S/C20H26N4O2/c1-2-16-5-3-4-6-18(16)23-17-7-8-21-19(15-17)20(25)22-9-10-24-11-13-26-14-12-24/h3-8,15H,2,9-14H2,1H3,(H,21,23)(H,22,25). The highest BCUT2D eigenvalue weighted by Crippen LogP contribution is 2.21. The highest BCUT2D eigenvalue weighted by molar-refractivity contribution is 5.93. The zero-order chi connectivity index (χ0) is 18.2. The number of ether oxygens (including phenoxy) is 1. The largest absolute Gasteiger partial charge is 0.379 e. The van der Waals surface area contributed by atoms with Crippen LogP contribution in [-0.2, 0) is 11.2 Å². The van der Waals surface area contributed by atoms with Crippen LogP contribution in [0.15, 0.2) is 42.6 Å². The Morgan fingerprint density at radius 1 is 1.23 bits per heavy atom. The Hall–Kier alpha value is -2.44. The van der Waals surface area contributed by atoms with Crippen LogP contribution in [0.1, 0.15) is 23.0 Å². The number of nitrogens with zero attached hydrogens (tertiary/aromatic N) is 2. The molecule has 1 fully saturated rings. The third kappa shape index (κ3) is 5.03. The summed E-state index contributed by atoms with van der Waals surface area (Å²) in [6.07, 6.45) is 2.61. The summed E-state index contributed by atoms with van der Waals surface area (Å²) < 4.78 is 5.33. The van der Waals surface area contributed by atoms with Crippen LogP contribution in [0.4, 0.5) is 11.4 Å². The average molecular weight is 354 g/mol. The second-order valence-electron chi connectivity index (χ2n) is 6.28. The maximum atomic E-state index is 12.4. The van der Waals surface area contributed by atoms with E-state index in [0.29, 0.717) is 12.2 Å². The van der Waals surface area contributed by atoms with Gasteiger partial charge in [0.15, 0.2) is 0 Å². The molecule has 0 atom stereocenters. The zero-order valence-electron chi connectivity index (χ0n) is 15.2. The van der Waals surface area contributed by atoms with Crippen LogP contribution in [0, 0.1) is 0 Å². The van der Waals surface area contributed by atoms with E-state index in [1.54, 1.807) is 12.3 Å². The summed E-state index contributed by atoms with van der Waals surface area (Å²) in [6.45, 7) is 6.94. The Balaban J connectivity index is 1.56. The molecule has 0 radical (unpaired) electrons. The van der Waals surface area contributed by atoms with Gasteiger partial charge in [0, 0.05) is 43.8 Å². The first-order chi connectivity index (χ1) is 12.8. The number of benzene rings is 1. The molecular weight excluding hydrogens is 328 g/mol. The van der Waals surface area contributed by atoms with Crippen molar-refractivity contribution < 1.29 is 9.53 Å². The fourth-order valence-electron chi connectivity index (χ4n) is 2.98. The molecule has 2 N–H and O–H groups in total. The lowest BCUT2D eigenvalue weighted by Gasteiger charge is -2.26. The second-order valence-corrected chi connectivity index (χ2v) is 6.28. The predicted molar refractivity (Wildman–Crippen MR) is 103 cm³/mol. The van der Waals surface area contributed by atoms with Crippen molar-refractivity contribution in [3.63, 3.8) is 0 Å². The summed E-state index contributed by atoms with van der Waals surface area (Å²) in [5.74, 6) is -0.148. The van der Waals surface area contributed by atoms with E-state index in [1.165, 1.54) is 5.56 Å². The van der Waals surface area contributed by atoms with Crippen molar-refractivity contribution in [3.05, 3.63) is 53.9 Å². The molecule has 3 rings (SSSR count). The molecule has 2 aromatic rings. The van der Waals surface area contributed by atoms with Crippen LogP contribution in [0.5, 0.6) is 0 Å². The summed E-state index contributed by atoms with van der Waals surface area (Å²) in [4.78, 5) is 18.9. The lowest BCUT2D eigenvalue weighted by molar-refractivity contribution is 0.0383. The lowest BCUT2D eigenvalue weighted by atomic mass is 10.1. The number of carbonyl (C=O) groups is 1. The average Bonchev–Trinajstić information content (AvgIpc) is 2.69. The Bertz CT molecular complexity index is 729. The molecule has 26 heavy (non-hydrogen) atoms. The summed E-state index contributed by atoms with van der Waals surface area (Å²) in [6, 6.07) is 11.8. The fraction of sp³-hybridized carbons (Fsp3) is 0.400. The first-order valence-corrected chi connectivity index (χ1v) is 9.15. The van der Waals surface area contributed by atoms with Crippen molar-refractivity contribution >= 4 is 17.3 Å². The normalized spacial score (nSPS) is 14.8.